The number of fused-ring (bicyclic) bond motifs is 2. The van der Waals surface area contributed by atoms with E-state index in [4.69, 9.17) is 9.47 Å². The quantitative estimate of drug-likeness (QED) is 0.667. The molecule has 2 unspecified atom stereocenters. The van der Waals surface area contributed by atoms with Crippen molar-refractivity contribution in [3.8, 4) is 5.75 Å². The Balaban J connectivity index is 1.11. The summed E-state index contributed by atoms with van der Waals surface area (Å²) in [6, 6.07) is 3.41. The number of aromatic nitrogens is 2. The SMILES string of the molecule is Cc1cnc(C)c2c1CC(CNCCC1CN(c3ccc4c(n3)NC(=O)CO4)C(=O)O1)C2. The van der Waals surface area contributed by atoms with E-state index in [1.807, 2.05) is 6.20 Å². The number of rotatable bonds is 6. The molecule has 0 spiro atoms. The van der Waals surface area contributed by atoms with Crippen LogP contribution in [0.25, 0.3) is 0 Å². The average molecular weight is 438 g/mol. The van der Waals surface area contributed by atoms with Crippen LogP contribution in [0.4, 0.5) is 16.4 Å². The third-order valence-electron chi connectivity index (χ3n) is 6.40. The van der Waals surface area contributed by atoms with Crippen LogP contribution in [0.3, 0.4) is 0 Å². The van der Waals surface area contributed by atoms with Crippen LogP contribution in [0.15, 0.2) is 18.3 Å². The number of ether oxygens (including phenoxy) is 2. The van der Waals surface area contributed by atoms with E-state index in [1.54, 1.807) is 12.1 Å². The standard InChI is InChI=1S/C23H27N5O4/c1-13-9-25-14(2)18-8-15(7-17(13)18)10-24-6-5-16-11-28(23(30)32-16)20-4-3-19-22(26-20)27-21(29)12-31-19/h3-4,9,15-16,24H,5-8,10-12H2,1-2H3,(H,26,27,29). The van der Waals surface area contributed by atoms with Gasteiger partial charge in [-0.3, -0.25) is 14.7 Å². The Morgan fingerprint density at radius 3 is 2.91 bits per heavy atom. The number of carbonyl (C=O) groups excluding carboxylic acids is 2. The average Bonchev–Trinajstić information content (AvgIpc) is 3.38. The molecule has 2 aromatic rings. The molecule has 2 amide bonds. The maximum atomic E-state index is 12.4. The minimum atomic E-state index is -0.421. The Morgan fingerprint density at radius 2 is 2.06 bits per heavy atom. The van der Waals surface area contributed by atoms with Gasteiger partial charge in [0, 0.05) is 11.9 Å². The first-order valence-corrected chi connectivity index (χ1v) is 11.0. The fraction of sp³-hybridized carbons (Fsp3) is 0.478. The number of anilines is 2. The predicted octanol–water partition coefficient (Wildman–Crippen LogP) is 2.14. The number of carbonyl (C=O) groups is 2. The zero-order valence-corrected chi connectivity index (χ0v) is 18.3. The van der Waals surface area contributed by atoms with Crippen LogP contribution >= 0.6 is 0 Å². The van der Waals surface area contributed by atoms with Crippen molar-refractivity contribution in [2.75, 3.05) is 36.5 Å². The molecule has 32 heavy (non-hydrogen) atoms. The van der Waals surface area contributed by atoms with E-state index >= 15 is 0 Å². The molecule has 1 fully saturated rings. The van der Waals surface area contributed by atoms with Gasteiger partial charge in [-0.05, 0) is 80.9 Å². The zero-order chi connectivity index (χ0) is 22.2. The summed E-state index contributed by atoms with van der Waals surface area (Å²) in [5, 5.41) is 6.20. The van der Waals surface area contributed by atoms with Gasteiger partial charge in [0.1, 0.15) is 11.9 Å². The van der Waals surface area contributed by atoms with Crippen LogP contribution in [-0.4, -0.2) is 54.3 Å². The van der Waals surface area contributed by atoms with Crippen molar-refractivity contribution >= 4 is 23.6 Å². The van der Waals surface area contributed by atoms with Crippen LogP contribution in [0.5, 0.6) is 5.75 Å². The van der Waals surface area contributed by atoms with E-state index in [-0.39, 0.29) is 18.6 Å². The number of aryl methyl sites for hydroxylation is 2. The van der Waals surface area contributed by atoms with Gasteiger partial charge in [0.05, 0.1) is 6.54 Å². The molecule has 4 heterocycles. The molecular weight excluding hydrogens is 410 g/mol. The maximum absolute atomic E-state index is 12.4. The largest absolute Gasteiger partial charge is 0.480 e. The highest BCUT2D eigenvalue weighted by Gasteiger charge is 2.34. The first-order chi connectivity index (χ1) is 15.5. The summed E-state index contributed by atoms with van der Waals surface area (Å²) in [6.45, 7) is 6.34. The van der Waals surface area contributed by atoms with Crippen molar-refractivity contribution in [2.45, 2.75) is 39.2 Å². The van der Waals surface area contributed by atoms with E-state index in [9.17, 15) is 9.59 Å². The molecule has 9 nitrogen and oxygen atoms in total. The van der Waals surface area contributed by atoms with Crippen LogP contribution < -0.4 is 20.3 Å². The van der Waals surface area contributed by atoms with Gasteiger partial charge >= 0.3 is 6.09 Å². The molecule has 0 aromatic carbocycles. The molecule has 1 saturated heterocycles. The number of hydrogen-bond donors (Lipinski definition) is 2. The molecule has 1 aliphatic carbocycles. The monoisotopic (exact) mass is 437 g/mol. The highest BCUT2D eigenvalue weighted by molar-refractivity contribution is 5.95. The molecule has 2 aromatic heterocycles. The van der Waals surface area contributed by atoms with Gasteiger partial charge in [0.2, 0.25) is 0 Å². The fourth-order valence-electron chi connectivity index (χ4n) is 4.69. The molecule has 3 aliphatic rings. The number of nitrogens with one attached hydrogen (secondary N) is 2. The first-order valence-electron chi connectivity index (χ1n) is 11.0. The summed E-state index contributed by atoms with van der Waals surface area (Å²) in [5.41, 5.74) is 5.31. The normalized spacial score (nSPS) is 21.6. The molecule has 0 radical (unpaired) electrons. The van der Waals surface area contributed by atoms with E-state index in [0.29, 0.717) is 29.8 Å². The lowest BCUT2D eigenvalue weighted by molar-refractivity contribution is -0.118. The van der Waals surface area contributed by atoms with Gasteiger partial charge in [0.25, 0.3) is 5.91 Å². The third-order valence-corrected chi connectivity index (χ3v) is 6.40. The Labute approximate surface area is 186 Å². The first kappa shape index (κ1) is 20.7. The van der Waals surface area contributed by atoms with E-state index in [0.717, 1.165) is 38.0 Å². The van der Waals surface area contributed by atoms with E-state index in [2.05, 4.69) is 34.4 Å². The Kier molecular flexibility index (Phi) is 5.42. The Morgan fingerprint density at radius 1 is 1.22 bits per heavy atom. The van der Waals surface area contributed by atoms with Gasteiger partial charge < -0.3 is 20.1 Å². The summed E-state index contributed by atoms with van der Waals surface area (Å²) in [4.78, 5) is 34.2. The van der Waals surface area contributed by atoms with Crippen LogP contribution in [0.2, 0.25) is 0 Å². The second kappa shape index (κ2) is 8.38. The van der Waals surface area contributed by atoms with Gasteiger partial charge in [0.15, 0.2) is 18.2 Å². The summed E-state index contributed by atoms with van der Waals surface area (Å²) in [5.74, 6) is 1.58. The maximum Gasteiger partial charge on any atom is 0.415 e. The highest BCUT2D eigenvalue weighted by Crippen LogP contribution is 2.31. The van der Waals surface area contributed by atoms with E-state index in [1.165, 1.54) is 21.6 Å². The van der Waals surface area contributed by atoms with Crippen molar-refractivity contribution in [1.29, 1.82) is 0 Å². The molecule has 168 valence electrons. The lowest BCUT2D eigenvalue weighted by atomic mass is 10.1. The Bertz CT molecular complexity index is 1040. The number of hydrogen-bond acceptors (Lipinski definition) is 7. The number of amides is 2. The lowest BCUT2D eigenvalue weighted by Crippen LogP contribution is -2.30. The molecular formula is C23H27N5O4. The Hall–Kier alpha value is -3.20. The highest BCUT2D eigenvalue weighted by atomic mass is 16.6. The van der Waals surface area contributed by atoms with Crippen molar-refractivity contribution in [2.24, 2.45) is 5.92 Å². The lowest BCUT2D eigenvalue weighted by Gasteiger charge is -2.19. The van der Waals surface area contributed by atoms with Gasteiger partial charge in [-0.1, -0.05) is 0 Å². The predicted molar refractivity (Wildman–Crippen MR) is 118 cm³/mol. The van der Waals surface area contributed by atoms with Gasteiger partial charge in [-0.2, -0.15) is 0 Å². The summed E-state index contributed by atoms with van der Waals surface area (Å²) in [7, 11) is 0. The number of cyclic esters (lactones) is 1. The topological polar surface area (TPSA) is 106 Å². The van der Waals surface area contributed by atoms with Gasteiger partial charge in [-0.25, -0.2) is 9.78 Å². The second-order valence-electron chi connectivity index (χ2n) is 8.72. The zero-order valence-electron chi connectivity index (χ0n) is 18.3. The van der Waals surface area contributed by atoms with Crippen molar-refractivity contribution < 1.29 is 19.1 Å². The molecule has 5 rings (SSSR count). The summed E-state index contributed by atoms with van der Waals surface area (Å²) in [6.07, 6.45) is 4.24. The van der Waals surface area contributed by atoms with E-state index < -0.39 is 6.09 Å². The second-order valence-corrected chi connectivity index (χ2v) is 8.72. The summed E-state index contributed by atoms with van der Waals surface area (Å²) < 4.78 is 10.8. The minimum absolute atomic E-state index is 0.0299. The molecule has 2 atom stereocenters. The van der Waals surface area contributed by atoms with Crippen LogP contribution in [0.1, 0.15) is 28.8 Å². The smallest absolute Gasteiger partial charge is 0.415 e. The van der Waals surface area contributed by atoms with Crippen LogP contribution in [0, 0.1) is 19.8 Å². The van der Waals surface area contributed by atoms with Crippen molar-refractivity contribution in [3.05, 3.63) is 40.7 Å². The number of nitrogens with zero attached hydrogens (tertiary/aromatic N) is 3. The number of pyridine rings is 2. The van der Waals surface area contributed by atoms with Crippen LogP contribution in [-0.2, 0) is 22.4 Å². The molecule has 0 saturated carbocycles. The third kappa shape index (κ3) is 4.00. The fourth-order valence-corrected chi connectivity index (χ4v) is 4.69. The molecule has 9 heteroatoms. The molecule has 0 bridgehead atoms. The minimum Gasteiger partial charge on any atom is -0.480 e. The molecule has 2 aliphatic heterocycles. The van der Waals surface area contributed by atoms with Crippen molar-refractivity contribution in [1.82, 2.24) is 15.3 Å². The summed E-state index contributed by atoms with van der Waals surface area (Å²) >= 11 is 0. The molecule has 2 N–H and O–H groups in total. The van der Waals surface area contributed by atoms with Crippen molar-refractivity contribution in [3.63, 3.8) is 0 Å². The van der Waals surface area contributed by atoms with Gasteiger partial charge in [-0.15, -0.1) is 0 Å².